The van der Waals surface area contributed by atoms with Crippen molar-refractivity contribution in [2.24, 2.45) is 0 Å². The Hall–Kier alpha value is -1.84. The number of nitrogens with one attached hydrogen (secondary N) is 2. The maximum atomic E-state index is 11.5. The monoisotopic (exact) mass is 248 g/mol. The summed E-state index contributed by atoms with van der Waals surface area (Å²) in [6.07, 6.45) is 2.43. The zero-order valence-corrected chi connectivity index (χ0v) is 11.0. The van der Waals surface area contributed by atoms with E-state index in [9.17, 15) is 9.59 Å². The average molecular weight is 248 g/mol. The Morgan fingerprint density at radius 2 is 1.78 bits per heavy atom. The zero-order chi connectivity index (χ0) is 13.4. The number of carbonyl (C=O) groups is 2. The van der Waals surface area contributed by atoms with Gasteiger partial charge in [-0.1, -0.05) is 13.3 Å². The van der Waals surface area contributed by atoms with Crippen LogP contribution in [0.2, 0.25) is 0 Å². The maximum Gasteiger partial charge on any atom is 0.251 e. The number of amides is 2. The van der Waals surface area contributed by atoms with Crippen molar-refractivity contribution in [1.29, 1.82) is 0 Å². The lowest BCUT2D eigenvalue weighted by molar-refractivity contribution is -0.116. The van der Waals surface area contributed by atoms with Gasteiger partial charge in [-0.25, -0.2) is 0 Å². The second-order valence-corrected chi connectivity index (χ2v) is 4.09. The molecule has 1 rings (SSSR count). The third kappa shape index (κ3) is 4.57. The normalized spacial score (nSPS) is 9.89. The first-order valence-electron chi connectivity index (χ1n) is 6.35. The molecule has 0 aromatic heterocycles. The number of anilines is 1. The van der Waals surface area contributed by atoms with Crippen molar-refractivity contribution < 1.29 is 9.59 Å². The fraction of sp³-hybridized carbons (Fsp3) is 0.429. The minimum Gasteiger partial charge on any atom is -0.352 e. The molecule has 0 unspecified atom stereocenters. The van der Waals surface area contributed by atoms with Crippen LogP contribution in [0.4, 0.5) is 5.69 Å². The van der Waals surface area contributed by atoms with E-state index in [1.807, 2.05) is 6.92 Å². The number of hydrogen-bond donors (Lipinski definition) is 2. The smallest absolute Gasteiger partial charge is 0.251 e. The van der Waals surface area contributed by atoms with E-state index in [2.05, 4.69) is 17.6 Å². The van der Waals surface area contributed by atoms with Gasteiger partial charge in [-0.2, -0.15) is 0 Å². The molecule has 0 atom stereocenters. The number of hydrogen-bond acceptors (Lipinski definition) is 2. The lowest BCUT2D eigenvalue weighted by Crippen LogP contribution is -2.22. The summed E-state index contributed by atoms with van der Waals surface area (Å²) in [5.41, 5.74) is 1.33. The van der Waals surface area contributed by atoms with Crippen molar-refractivity contribution in [2.45, 2.75) is 33.1 Å². The van der Waals surface area contributed by atoms with Crippen LogP contribution in [0, 0.1) is 0 Å². The van der Waals surface area contributed by atoms with Gasteiger partial charge in [0.25, 0.3) is 5.91 Å². The quantitative estimate of drug-likeness (QED) is 0.813. The van der Waals surface area contributed by atoms with E-state index in [0.29, 0.717) is 18.5 Å². The standard InChI is InChI=1S/C14H20N2O2/c1-3-5-6-13(17)16-12-9-7-11(8-10-12)14(18)15-4-2/h7-10H,3-6H2,1-2H3,(H,15,18)(H,16,17). The lowest BCUT2D eigenvalue weighted by atomic mass is 10.2. The second kappa shape index (κ2) is 7.48. The SMILES string of the molecule is CCCCC(=O)Nc1ccc(C(=O)NCC)cc1. The van der Waals surface area contributed by atoms with E-state index in [-0.39, 0.29) is 11.8 Å². The molecule has 18 heavy (non-hydrogen) atoms. The van der Waals surface area contributed by atoms with Crippen LogP contribution in [0.3, 0.4) is 0 Å². The Morgan fingerprint density at radius 1 is 1.11 bits per heavy atom. The minimum absolute atomic E-state index is 0.0163. The summed E-state index contributed by atoms with van der Waals surface area (Å²) in [6, 6.07) is 6.91. The molecule has 1 aromatic carbocycles. The predicted octanol–water partition coefficient (Wildman–Crippen LogP) is 2.57. The highest BCUT2D eigenvalue weighted by Gasteiger charge is 2.05. The van der Waals surface area contributed by atoms with Crippen molar-refractivity contribution in [3.05, 3.63) is 29.8 Å². The van der Waals surface area contributed by atoms with Gasteiger partial charge in [0, 0.05) is 24.2 Å². The summed E-state index contributed by atoms with van der Waals surface area (Å²) in [5.74, 6) is -0.0797. The van der Waals surface area contributed by atoms with Crippen molar-refractivity contribution in [2.75, 3.05) is 11.9 Å². The van der Waals surface area contributed by atoms with Gasteiger partial charge in [-0.3, -0.25) is 9.59 Å². The highest BCUT2D eigenvalue weighted by Crippen LogP contribution is 2.10. The Morgan fingerprint density at radius 3 is 2.33 bits per heavy atom. The van der Waals surface area contributed by atoms with Gasteiger partial charge in [-0.05, 0) is 37.6 Å². The Labute approximate surface area is 108 Å². The van der Waals surface area contributed by atoms with E-state index < -0.39 is 0 Å². The maximum absolute atomic E-state index is 11.5. The zero-order valence-electron chi connectivity index (χ0n) is 11.0. The molecule has 98 valence electrons. The van der Waals surface area contributed by atoms with Gasteiger partial charge in [-0.15, -0.1) is 0 Å². The van der Waals surface area contributed by atoms with Crippen LogP contribution in [0.25, 0.3) is 0 Å². The van der Waals surface area contributed by atoms with Crippen LogP contribution < -0.4 is 10.6 Å². The van der Waals surface area contributed by atoms with Gasteiger partial charge in [0.1, 0.15) is 0 Å². The van der Waals surface area contributed by atoms with Gasteiger partial charge in [0.2, 0.25) is 5.91 Å². The summed E-state index contributed by atoms with van der Waals surface area (Å²) in [4.78, 5) is 23.0. The molecular formula is C14H20N2O2. The van der Waals surface area contributed by atoms with Crippen LogP contribution in [0.5, 0.6) is 0 Å². The summed E-state index contributed by atoms with van der Waals surface area (Å²) < 4.78 is 0. The second-order valence-electron chi connectivity index (χ2n) is 4.09. The average Bonchev–Trinajstić information content (AvgIpc) is 2.37. The first kappa shape index (κ1) is 14.2. The molecule has 4 nitrogen and oxygen atoms in total. The molecule has 0 bridgehead atoms. The fourth-order valence-electron chi connectivity index (χ4n) is 1.53. The summed E-state index contributed by atoms with van der Waals surface area (Å²) in [5, 5.41) is 5.53. The van der Waals surface area contributed by atoms with Gasteiger partial charge < -0.3 is 10.6 Å². The van der Waals surface area contributed by atoms with Crippen molar-refractivity contribution in [3.8, 4) is 0 Å². The Bertz CT molecular complexity index is 399. The third-order valence-corrected chi connectivity index (χ3v) is 2.53. The largest absolute Gasteiger partial charge is 0.352 e. The number of unbranched alkanes of at least 4 members (excludes halogenated alkanes) is 1. The van der Waals surface area contributed by atoms with E-state index in [1.165, 1.54) is 0 Å². The van der Waals surface area contributed by atoms with E-state index >= 15 is 0 Å². The van der Waals surface area contributed by atoms with Crippen molar-refractivity contribution in [3.63, 3.8) is 0 Å². The first-order chi connectivity index (χ1) is 8.67. The third-order valence-electron chi connectivity index (χ3n) is 2.53. The predicted molar refractivity (Wildman–Crippen MR) is 72.6 cm³/mol. The topological polar surface area (TPSA) is 58.2 Å². The van der Waals surface area contributed by atoms with E-state index in [4.69, 9.17) is 0 Å². The first-order valence-corrected chi connectivity index (χ1v) is 6.35. The van der Waals surface area contributed by atoms with Gasteiger partial charge in [0.15, 0.2) is 0 Å². The molecule has 0 aliphatic heterocycles. The van der Waals surface area contributed by atoms with Gasteiger partial charge in [0.05, 0.1) is 0 Å². The lowest BCUT2D eigenvalue weighted by Gasteiger charge is -2.06. The molecule has 2 amide bonds. The molecule has 1 aromatic rings. The Balaban J connectivity index is 2.55. The molecular weight excluding hydrogens is 228 g/mol. The van der Waals surface area contributed by atoms with Crippen LogP contribution in [0.1, 0.15) is 43.5 Å². The molecule has 0 heterocycles. The fourth-order valence-corrected chi connectivity index (χ4v) is 1.53. The summed E-state index contributed by atoms with van der Waals surface area (Å²) in [7, 11) is 0. The van der Waals surface area contributed by atoms with Crippen LogP contribution in [-0.2, 0) is 4.79 Å². The molecule has 0 radical (unpaired) electrons. The van der Waals surface area contributed by atoms with Gasteiger partial charge >= 0.3 is 0 Å². The van der Waals surface area contributed by atoms with Crippen LogP contribution in [-0.4, -0.2) is 18.4 Å². The number of carbonyl (C=O) groups excluding carboxylic acids is 2. The number of rotatable bonds is 6. The molecule has 0 aliphatic carbocycles. The molecule has 0 fully saturated rings. The molecule has 0 spiro atoms. The molecule has 0 saturated carbocycles. The van der Waals surface area contributed by atoms with Crippen molar-refractivity contribution in [1.82, 2.24) is 5.32 Å². The van der Waals surface area contributed by atoms with Crippen molar-refractivity contribution >= 4 is 17.5 Å². The minimum atomic E-state index is -0.0960. The van der Waals surface area contributed by atoms with Crippen LogP contribution in [0.15, 0.2) is 24.3 Å². The van der Waals surface area contributed by atoms with Crippen LogP contribution >= 0.6 is 0 Å². The Kier molecular flexibility index (Phi) is 5.91. The molecule has 2 N–H and O–H groups in total. The highest BCUT2D eigenvalue weighted by atomic mass is 16.2. The number of benzene rings is 1. The van der Waals surface area contributed by atoms with E-state index in [1.54, 1.807) is 24.3 Å². The summed E-state index contributed by atoms with van der Waals surface area (Å²) in [6.45, 7) is 4.53. The highest BCUT2D eigenvalue weighted by molar-refractivity contribution is 5.95. The molecule has 4 heteroatoms. The summed E-state index contributed by atoms with van der Waals surface area (Å²) >= 11 is 0. The molecule has 0 saturated heterocycles. The van der Waals surface area contributed by atoms with E-state index in [0.717, 1.165) is 18.5 Å². The molecule has 0 aliphatic rings.